The van der Waals surface area contributed by atoms with Gasteiger partial charge in [-0.1, -0.05) is 17.9 Å². The molecule has 1 aliphatic heterocycles. The van der Waals surface area contributed by atoms with Crippen LogP contribution in [0.15, 0.2) is 18.2 Å². The summed E-state index contributed by atoms with van der Waals surface area (Å²) in [6, 6.07) is 5.79. The van der Waals surface area contributed by atoms with E-state index in [1.165, 1.54) is 0 Å². The average molecular weight is 289 g/mol. The Kier molecular flexibility index (Phi) is 5.51. The van der Waals surface area contributed by atoms with Gasteiger partial charge < -0.3 is 10.4 Å². The maximum atomic E-state index is 12.1. The minimum atomic E-state index is 0.0712. The first kappa shape index (κ1) is 15.0. The van der Waals surface area contributed by atoms with Crippen molar-refractivity contribution in [3.05, 3.63) is 29.3 Å². The van der Waals surface area contributed by atoms with Crippen LogP contribution in [0.3, 0.4) is 0 Å². The Balaban J connectivity index is 2.08. The van der Waals surface area contributed by atoms with Crippen molar-refractivity contribution >= 4 is 23.4 Å². The third-order valence-electron chi connectivity index (χ3n) is 3.27. The second-order valence-electron chi connectivity index (χ2n) is 4.85. The lowest BCUT2D eigenvalue weighted by Gasteiger charge is -2.12. The van der Waals surface area contributed by atoms with Crippen molar-refractivity contribution in [1.82, 2.24) is 0 Å². The van der Waals surface area contributed by atoms with Crippen LogP contribution in [0, 0.1) is 24.7 Å². The smallest absolute Gasteiger partial charge is 0.228 e. The van der Waals surface area contributed by atoms with Gasteiger partial charge in [0.25, 0.3) is 0 Å². The molecule has 0 radical (unpaired) electrons. The summed E-state index contributed by atoms with van der Waals surface area (Å²) >= 11 is 1.84. The van der Waals surface area contributed by atoms with Gasteiger partial charge in [0.1, 0.15) is 0 Å². The number of benzene rings is 1. The van der Waals surface area contributed by atoms with E-state index in [2.05, 4.69) is 17.2 Å². The van der Waals surface area contributed by atoms with Crippen molar-refractivity contribution in [2.45, 2.75) is 19.8 Å². The molecule has 1 unspecified atom stereocenters. The number of hydrogen-bond donors (Lipinski definition) is 2. The van der Waals surface area contributed by atoms with Crippen LogP contribution in [0.25, 0.3) is 0 Å². The Morgan fingerprint density at radius 2 is 2.40 bits per heavy atom. The zero-order valence-corrected chi connectivity index (χ0v) is 12.4. The van der Waals surface area contributed by atoms with E-state index < -0.39 is 0 Å². The highest BCUT2D eigenvalue weighted by Crippen LogP contribution is 2.25. The van der Waals surface area contributed by atoms with Crippen LogP contribution >= 0.6 is 11.8 Å². The number of rotatable bonds is 3. The van der Waals surface area contributed by atoms with Crippen LogP contribution in [-0.4, -0.2) is 29.1 Å². The molecule has 3 nitrogen and oxygen atoms in total. The molecule has 106 valence electrons. The fourth-order valence-corrected chi connectivity index (χ4v) is 3.25. The van der Waals surface area contributed by atoms with E-state index in [9.17, 15) is 4.79 Å². The standard InChI is InChI=1S/C16H19NO2S/c1-12-5-6-13(4-2-3-8-18)10-15(12)17-16(19)14-7-9-20-11-14/h5-6,10,14,18H,3,7-9,11H2,1H3,(H,17,19). The lowest BCUT2D eigenvalue weighted by atomic mass is 10.1. The van der Waals surface area contributed by atoms with E-state index in [1.54, 1.807) is 0 Å². The Morgan fingerprint density at radius 1 is 1.55 bits per heavy atom. The number of anilines is 1. The number of hydrogen-bond acceptors (Lipinski definition) is 3. The molecule has 2 N–H and O–H groups in total. The van der Waals surface area contributed by atoms with Crippen LogP contribution in [0.4, 0.5) is 5.69 Å². The molecule has 0 aliphatic carbocycles. The maximum absolute atomic E-state index is 12.1. The normalized spacial score (nSPS) is 17.4. The zero-order chi connectivity index (χ0) is 14.4. The van der Waals surface area contributed by atoms with Crippen LogP contribution in [0.1, 0.15) is 24.0 Å². The van der Waals surface area contributed by atoms with Gasteiger partial charge in [0, 0.05) is 29.3 Å². The quantitative estimate of drug-likeness (QED) is 0.840. The van der Waals surface area contributed by atoms with Crippen molar-refractivity contribution < 1.29 is 9.90 Å². The van der Waals surface area contributed by atoms with Crippen LogP contribution < -0.4 is 5.32 Å². The summed E-state index contributed by atoms with van der Waals surface area (Å²) in [4.78, 5) is 12.1. The second-order valence-corrected chi connectivity index (χ2v) is 6.00. The second kappa shape index (κ2) is 7.37. The summed E-state index contributed by atoms with van der Waals surface area (Å²) in [7, 11) is 0. The van der Waals surface area contributed by atoms with Gasteiger partial charge in [0.05, 0.1) is 6.61 Å². The molecule has 1 aromatic carbocycles. The van der Waals surface area contributed by atoms with E-state index in [0.29, 0.717) is 6.42 Å². The van der Waals surface area contributed by atoms with Gasteiger partial charge >= 0.3 is 0 Å². The number of aliphatic hydroxyl groups excluding tert-OH is 1. The molecule has 1 saturated heterocycles. The largest absolute Gasteiger partial charge is 0.395 e. The molecule has 20 heavy (non-hydrogen) atoms. The summed E-state index contributed by atoms with van der Waals surface area (Å²) in [6.07, 6.45) is 1.43. The monoisotopic (exact) mass is 289 g/mol. The average Bonchev–Trinajstić information content (AvgIpc) is 2.97. The number of carbonyl (C=O) groups excluding carboxylic acids is 1. The van der Waals surface area contributed by atoms with E-state index in [-0.39, 0.29) is 18.4 Å². The molecule has 4 heteroatoms. The number of thioether (sulfide) groups is 1. The number of amides is 1. The fraction of sp³-hybridized carbons (Fsp3) is 0.438. The molecule has 1 heterocycles. The third-order valence-corrected chi connectivity index (χ3v) is 4.43. The molecule has 1 amide bonds. The van der Waals surface area contributed by atoms with E-state index >= 15 is 0 Å². The highest BCUT2D eigenvalue weighted by Gasteiger charge is 2.23. The van der Waals surface area contributed by atoms with E-state index in [0.717, 1.165) is 34.7 Å². The third kappa shape index (κ3) is 4.03. The van der Waals surface area contributed by atoms with Crippen molar-refractivity contribution in [3.63, 3.8) is 0 Å². The number of aryl methyl sites for hydroxylation is 1. The molecule has 1 aliphatic rings. The molecule has 1 fully saturated rings. The van der Waals surface area contributed by atoms with Gasteiger partial charge in [-0.2, -0.15) is 11.8 Å². The van der Waals surface area contributed by atoms with Crippen molar-refractivity contribution in [3.8, 4) is 11.8 Å². The lowest BCUT2D eigenvalue weighted by molar-refractivity contribution is -0.119. The van der Waals surface area contributed by atoms with Crippen LogP contribution in [-0.2, 0) is 4.79 Å². The Morgan fingerprint density at radius 3 is 3.10 bits per heavy atom. The van der Waals surface area contributed by atoms with Crippen LogP contribution in [0.2, 0.25) is 0 Å². The number of aliphatic hydroxyl groups is 1. The summed E-state index contributed by atoms with van der Waals surface area (Å²) in [6.45, 7) is 2.05. The molecule has 1 atom stereocenters. The van der Waals surface area contributed by atoms with E-state index in [1.807, 2.05) is 36.9 Å². The maximum Gasteiger partial charge on any atom is 0.228 e. The summed E-state index contributed by atoms with van der Waals surface area (Å²) in [5, 5.41) is 11.7. The summed E-state index contributed by atoms with van der Waals surface area (Å²) in [5.41, 5.74) is 2.74. The SMILES string of the molecule is Cc1ccc(C#CCCO)cc1NC(=O)C1CCSC1. The van der Waals surface area contributed by atoms with Crippen molar-refractivity contribution in [1.29, 1.82) is 0 Å². The summed E-state index contributed by atoms with van der Waals surface area (Å²) in [5.74, 6) is 8.11. The Bertz CT molecular complexity index is 539. The molecule has 0 spiro atoms. The minimum Gasteiger partial charge on any atom is -0.395 e. The molecule has 2 rings (SSSR count). The number of nitrogens with one attached hydrogen (secondary N) is 1. The first-order chi connectivity index (χ1) is 9.70. The first-order valence-corrected chi connectivity index (χ1v) is 7.95. The molecule has 0 aromatic heterocycles. The lowest BCUT2D eigenvalue weighted by Crippen LogP contribution is -2.22. The fourth-order valence-electron chi connectivity index (χ4n) is 2.03. The van der Waals surface area contributed by atoms with Crippen molar-refractivity contribution in [2.75, 3.05) is 23.4 Å². The molecular weight excluding hydrogens is 270 g/mol. The van der Waals surface area contributed by atoms with Gasteiger partial charge in [0.2, 0.25) is 5.91 Å². The first-order valence-electron chi connectivity index (χ1n) is 6.79. The molecule has 0 saturated carbocycles. The van der Waals surface area contributed by atoms with Gasteiger partial charge in [-0.3, -0.25) is 4.79 Å². The van der Waals surface area contributed by atoms with Crippen LogP contribution in [0.5, 0.6) is 0 Å². The van der Waals surface area contributed by atoms with Gasteiger partial charge in [-0.05, 0) is 36.8 Å². The molecular formula is C16H19NO2S. The zero-order valence-electron chi connectivity index (χ0n) is 11.6. The Hall–Kier alpha value is -1.44. The molecule has 0 bridgehead atoms. The van der Waals surface area contributed by atoms with E-state index in [4.69, 9.17) is 5.11 Å². The topological polar surface area (TPSA) is 49.3 Å². The summed E-state index contributed by atoms with van der Waals surface area (Å²) < 4.78 is 0. The Labute approximate surface area is 124 Å². The van der Waals surface area contributed by atoms with Gasteiger partial charge in [-0.15, -0.1) is 0 Å². The molecule has 1 aromatic rings. The van der Waals surface area contributed by atoms with Crippen molar-refractivity contribution in [2.24, 2.45) is 5.92 Å². The predicted molar refractivity (Wildman–Crippen MR) is 83.8 cm³/mol. The number of carbonyl (C=O) groups is 1. The van der Waals surface area contributed by atoms with Gasteiger partial charge in [0.15, 0.2) is 0 Å². The predicted octanol–water partition coefficient (Wildman–Crippen LogP) is 2.42. The highest BCUT2D eigenvalue weighted by molar-refractivity contribution is 7.99. The van der Waals surface area contributed by atoms with Gasteiger partial charge in [-0.25, -0.2) is 0 Å². The highest BCUT2D eigenvalue weighted by atomic mass is 32.2. The minimum absolute atomic E-state index is 0.0712.